The summed E-state index contributed by atoms with van der Waals surface area (Å²) >= 11 is 0. The van der Waals surface area contributed by atoms with Gasteiger partial charge in [-0.05, 0) is 43.5 Å². The summed E-state index contributed by atoms with van der Waals surface area (Å²) in [5.41, 5.74) is 10.9. The number of nitrogens with two attached hydrogens (primary N) is 1. The lowest BCUT2D eigenvalue weighted by Crippen LogP contribution is -2.40. The predicted octanol–water partition coefficient (Wildman–Crippen LogP) is 6.10. The number of carbonyl (C=O) groups is 1. The summed E-state index contributed by atoms with van der Waals surface area (Å²) in [6.45, 7) is 8.24. The van der Waals surface area contributed by atoms with Crippen LogP contribution in [0.4, 0.5) is 0 Å². The van der Waals surface area contributed by atoms with Crippen LogP contribution < -0.4 is 5.73 Å². The summed E-state index contributed by atoms with van der Waals surface area (Å²) in [6, 6.07) is 30.0. The maximum Gasteiger partial charge on any atom is 0.254 e. The Bertz CT molecular complexity index is 1250. The molecule has 0 aliphatic heterocycles. The minimum Gasteiger partial charge on any atom is -0.330 e. The molecule has 5 nitrogen and oxygen atoms in total. The second-order valence-corrected chi connectivity index (χ2v) is 9.54. The minimum absolute atomic E-state index is 0.0101. The molecule has 1 amide bonds. The Hall–Kier alpha value is -3.70. The zero-order valence-electron chi connectivity index (χ0n) is 21.5. The molecule has 4 rings (SSSR count). The van der Waals surface area contributed by atoms with E-state index in [1.54, 1.807) is 0 Å². The quantitative estimate of drug-likeness (QED) is 0.298. The monoisotopic (exact) mass is 480 g/mol. The van der Waals surface area contributed by atoms with Crippen LogP contribution in [0.3, 0.4) is 0 Å². The van der Waals surface area contributed by atoms with Crippen molar-refractivity contribution in [2.45, 2.75) is 39.8 Å². The van der Waals surface area contributed by atoms with E-state index < -0.39 is 0 Å². The molecule has 0 aliphatic carbocycles. The molecule has 36 heavy (non-hydrogen) atoms. The Morgan fingerprint density at radius 1 is 0.917 bits per heavy atom. The van der Waals surface area contributed by atoms with E-state index in [1.807, 2.05) is 59.5 Å². The van der Waals surface area contributed by atoms with Crippen LogP contribution in [0, 0.1) is 12.8 Å². The van der Waals surface area contributed by atoms with Gasteiger partial charge in [-0.3, -0.25) is 4.79 Å². The summed E-state index contributed by atoms with van der Waals surface area (Å²) in [4.78, 5) is 21.1. The molecule has 0 unspecified atom stereocenters. The number of nitrogens with zero attached hydrogens (tertiary/aromatic N) is 3. The van der Waals surface area contributed by atoms with Gasteiger partial charge in [-0.25, -0.2) is 4.98 Å². The van der Waals surface area contributed by atoms with Crippen molar-refractivity contribution in [2.75, 3.05) is 13.1 Å². The fraction of sp³-hybridized carbons (Fsp3) is 0.290. The first kappa shape index (κ1) is 25.4. The Kier molecular flexibility index (Phi) is 8.34. The number of imidazole rings is 1. The highest BCUT2D eigenvalue weighted by Gasteiger charge is 2.33. The molecule has 186 valence electrons. The first-order chi connectivity index (χ1) is 17.5. The van der Waals surface area contributed by atoms with Crippen molar-refractivity contribution in [1.29, 1.82) is 0 Å². The van der Waals surface area contributed by atoms with Gasteiger partial charge in [-0.2, -0.15) is 0 Å². The average Bonchev–Trinajstić information content (AvgIpc) is 3.22. The molecule has 1 atom stereocenters. The zero-order valence-corrected chi connectivity index (χ0v) is 21.5. The van der Waals surface area contributed by atoms with Crippen LogP contribution in [-0.4, -0.2) is 33.4 Å². The summed E-state index contributed by atoms with van der Waals surface area (Å²) in [5, 5.41) is 0. The van der Waals surface area contributed by atoms with Gasteiger partial charge in [0.1, 0.15) is 5.82 Å². The lowest BCUT2D eigenvalue weighted by molar-refractivity contribution is 0.0604. The van der Waals surface area contributed by atoms with Crippen molar-refractivity contribution in [3.05, 3.63) is 114 Å². The molecule has 1 aromatic heterocycles. The molecule has 0 saturated carbocycles. The van der Waals surface area contributed by atoms with Crippen LogP contribution in [0.2, 0.25) is 0 Å². The number of hydrogen-bond acceptors (Lipinski definition) is 3. The predicted molar refractivity (Wildman–Crippen MR) is 147 cm³/mol. The maximum atomic E-state index is 13.8. The average molecular weight is 481 g/mol. The van der Waals surface area contributed by atoms with E-state index in [-0.39, 0.29) is 17.9 Å². The molecular weight excluding hydrogens is 444 g/mol. The van der Waals surface area contributed by atoms with Gasteiger partial charge in [0.2, 0.25) is 0 Å². The van der Waals surface area contributed by atoms with E-state index >= 15 is 0 Å². The molecule has 0 bridgehead atoms. The van der Waals surface area contributed by atoms with E-state index in [1.165, 1.54) is 5.56 Å². The topological polar surface area (TPSA) is 64.2 Å². The highest BCUT2D eigenvalue weighted by Crippen LogP contribution is 2.34. The Balaban J connectivity index is 1.86. The van der Waals surface area contributed by atoms with Gasteiger partial charge in [-0.15, -0.1) is 0 Å². The van der Waals surface area contributed by atoms with E-state index in [4.69, 9.17) is 10.7 Å². The molecule has 5 heteroatoms. The first-order valence-electron chi connectivity index (χ1n) is 12.7. The van der Waals surface area contributed by atoms with E-state index in [0.29, 0.717) is 25.2 Å². The van der Waals surface area contributed by atoms with Gasteiger partial charge < -0.3 is 15.2 Å². The van der Waals surface area contributed by atoms with Gasteiger partial charge in [0.05, 0.1) is 11.7 Å². The number of aromatic nitrogens is 2. The fourth-order valence-corrected chi connectivity index (χ4v) is 4.79. The van der Waals surface area contributed by atoms with Gasteiger partial charge in [-0.1, -0.05) is 92.7 Å². The van der Waals surface area contributed by atoms with E-state index in [0.717, 1.165) is 29.2 Å². The van der Waals surface area contributed by atoms with Crippen LogP contribution in [0.25, 0.3) is 11.3 Å². The summed E-state index contributed by atoms with van der Waals surface area (Å²) in [5.74, 6) is 1.07. The van der Waals surface area contributed by atoms with Crippen LogP contribution in [-0.2, 0) is 6.54 Å². The highest BCUT2D eigenvalue weighted by molar-refractivity contribution is 5.94. The van der Waals surface area contributed by atoms with Gasteiger partial charge in [0.25, 0.3) is 5.91 Å². The molecule has 3 aromatic carbocycles. The van der Waals surface area contributed by atoms with Crippen LogP contribution in [0.15, 0.2) is 91.0 Å². The normalized spacial score (nSPS) is 12.0. The number of rotatable bonds is 10. The lowest BCUT2D eigenvalue weighted by atomic mass is 9.99. The van der Waals surface area contributed by atoms with Crippen molar-refractivity contribution < 1.29 is 4.79 Å². The van der Waals surface area contributed by atoms with Crippen molar-refractivity contribution >= 4 is 5.91 Å². The second kappa shape index (κ2) is 11.8. The second-order valence-electron chi connectivity index (χ2n) is 9.54. The first-order valence-corrected chi connectivity index (χ1v) is 12.7. The standard InChI is InChI=1S/C31H36N4O/c1-23(2)29(34(21-13-20-32)31(36)27-18-11-6-12-19-27)30-33-28(26-16-9-5-10-17-26)24(3)35(30)22-25-14-7-4-8-15-25/h4-12,14-19,23,29H,13,20-22,32H2,1-3H3/t29-/m1/s1. The van der Waals surface area contributed by atoms with E-state index in [9.17, 15) is 4.79 Å². The van der Waals surface area contributed by atoms with Gasteiger partial charge in [0, 0.05) is 29.9 Å². The van der Waals surface area contributed by atoms with Crippen LogP contribution >= 0.6 is 0 Å². The van der Waals surface area contributed by atoms with Gasteiger partial charge >= 0.3 is 0 Å². The SMILES string of the molecule is Cc1c(-c2ccccc2)nc([C@@H](C(C)C)N(CCCN)C(=O)c2ccccc2)n1Cc1ccccc1. The molecule has 2 N–H and O–H groups in total. The van der Waals surface area contributed by atoms with Crippen molar-refractivity contribution in [1.82, 2.24) is 14.5 Å². The third-order valence-corrected chi connectivity index (χ3v) is 6.60. The van der Waals surface area contributed by atoms with Gasteiger partial charge in [0.15, 0.2) is 0 Å². The molecule has 0 radical (unpaired) electrons. The summed E-state index contributed by atoms with van der Waals surface area (Å²) < 4.78 is 2.29. The third kappa shape index (κ3) is 5.58. The molecule has 4 aromatic rings. The summed E-state index contributed by atoms with van der Waals surface area (Å²) in [7, 11) is 0. The van der Waals surface area contributed by atoms with Crippen molar-refractivity contribution in [2.24, 2.45) is 11.7 Å². The Morgan fingerprint density at radius 3 is 2.08 bits per heavy atom. The summed E-state index contributed by atoms with van der Waals surface area (Å²) in [6.07, 6.45) is 0.728. The molecule has 1 heterocycles. The molecule has 0 aliphatic rings. The van der Waals surface area contributed by atoms with E-state index in [2.05, 4.69) is 61.7 Å². The zero-order chi connectivity index (χ0) is 25.5. The molecule has 0 spiro atoms. The number of benzene rings is 3. The molecular formula is C31H36N4O. The number of amides is 1. The van der Waals surface area contributed by atoms with Crippen LogP contribution in [0.5, 0.6) is 0 Å². The maximum absolute atomic E-state index is 13.8. The smallest absolute Gasteiger partial charge is 0.254 e. The minimum atomic E-state index is -0.205. The molecule has 0 saturated heterocycles. The lowest BCUT2D eigenvalue weighted by Gasteiger charge is -2.35. The highest BCUT2D eigenvalue weighted by atomic mass is 16.2. The molecule has 0 fully saturated rings. The Labute approximate surface area is 214 Å². The number of hydrogen-bond donors (Lipinski definition) is 1. The largest absolute Gasteiger partial charge is 0.330 e. The number of carbonyl (C=O) groups excluding carboxylic acids is 1. The van der Waals surface area contributed by atoms with Crippen molar-refractivity contribution in [3.63, 3.8) is 0 Å². The Morgan fingerprint density at radius 2 is 1.50 bits per heavy atom. The van der Waals surface area contributed by atoms with Crippen molar-refractivity contribution in [3.8, 4) is 11.3 Å². The fourth-order valence-electron chi connectivity index (χ4n) is 4.79. The third-order valence-electron chi connectivity index (χ3n) is 6.60. The van der Waals surface area contributed by atoms with Crippen LogP contribution in [0.1, 0.15) is 53.7 Å².